The minimum atomic E-state index is -0.303. The number of phenolic OH excluding ortho intramolecular Hbond substituents is 1. The van der Waals surface area contributed by atoms with Gasteiger partial charge in [-0.25, -0.2) is 4.39 Å². The number of halogens is 2. The molecule has 0 saturated carbocycles. The van der Waals surface area contributed by atoms with Gasteiger partial charge in [0, 0.05) is 16.1 Å². The van der Waals surface area contributed by atoms with E-state index in [1.54, 1.807) is 24.3 Å². The van der Waals surface area contributed by atoms with E-state index in [0.29, 0.717) is 11.3 Å². The van der Waals surface area contributed by atoms with Crippen molar-refractivity contribution in [2.45, 2.75) is 6.61 Å². The van der Waals surface area contributed by atoms with Crippen LogP contribution in [0.15, 0.2) is 46.9 Å². The Morgan fingerprint density at radius 2 is 2.00 bits per heavy atom. The first kappa shape index (κ1) is 11.9. The molecule has 0 spiro atoms. The number of ether oxygens (including phenoxy) is 1. The molecule has 0 saturated heterocycles. The summed E-state index contributed by atoms with van der Waals surface area (Å²) in [7, 11) is 0. The van der Waals surface area contributed by atoms with E-state index in [1.807, 2.05) is 0 Å². The van der Waals surface area contributed by atoms with Crippen LogP contribution in [0.2, 0.25) is 0 Å². The van der Waals surface area contributed by atoms with Crippen molar-refractivity contribution in [3.63, 3.8) is 0 Å². The molecule has 88 valence electrons. The lowest BCUT2D eigenvalue weighted by atomic mass is 10.2. The Hall–Kier alpha value is -1.55. The van der Waals surface area contributed by atoms with Gasteiger partial charge in [0.05, 0.1) is 0 Å². The van der Waals surface area contributed by atoms with Crippen LogP contribution in [0.4, 0.5) is 4.39 Å². The molecule has 0 atom stereocenters. The minimum Gasteiger partial charge on any atom is -0.508 e. The molecule has 4 heteroatoms. The van der Waals surface area contributed by atoms with Gasteiger partial charge in [0.2, 0.25) is 0 Å². The molecule has 17 heavy (non-hydrogen) atoms. The molecule has 0 aliphatic heterocycles. The second-order valence-corrected chi connectivity index (χ2v) is 4.38. The fourth-order valence-electron chi connectivity index (χ4n) is 1.39. The summed E-state index contributed by atoms with van der Waals surface area (Å²) < 4.78 is 19.3. The van der Waals surface area contributed by atoms with E-state index < -0.39 is 0 Å². The zero-order valence-corrected chi connectivity index (χ0v) is 10.4. The van der Waals surface area contributed by atoms with Crippen molar-refractivity contribution in [1.82, 2.24) is 0 Å². The molecular formula is C13H10BrFO2. The molecule has 1 N–H and O–H groups in total. The predicted molar refractivity (Wildman–Crippen MR) is 66.5 cm³/mol. The second kappa shape index (κ2) is 5.19. The smallest absolute Gasteiger partial charge is 0.123 e. The lowest BCUT2D eigenvalue weighted by Crippen LogP contribution is -1.97. The average molecular weight is 297 g/mol. The van der Waals surface area contributed by atoms with Crippen LogP contribution in [0.25, 0.3) is 0 Å². The number of hydrogen-bond acceptors (Lipinski definition) is 2. The molecule has 0 aromatic heterocycles. The molecule has 0 amide bonds. The summed E-state index contributed by atoms with van der Waals surface area (Å²) in [6.45, 7) is 0.238. The Balaban J connectivity index is 2.09. The fourth-order valence-corrected chi connectivity index (χ4v) is 1.75. The molecule has 2 nitrogen and oxygen atoms in total. The van der Waals surface area contributed by atoms with Gasteiger partial charge in [-0.2, -0.15) is 0 Å². The van der Waals surface area contributed by atoms with Crippen LogP contribution in [-0.4, -0.2) is 5.11 Å². The predicted octanol–water partition coefficient (Wildman–Crippen LogP) is 3.87. The van der Waals surface area contributed by atoms with E-state index in [-0.39, 0.29) is 18.2 Å². The largest absolute Gasteiger partial charge is 0.508 e. The molecular weight excluding hydrogens is 287 g/mol. The van der Waals surface area contributed by atoms with E-state index in [1.165, 1.54) is 18.2 Å². The SMILES string of the molecule is Oc1cccc(OCc2cc(F)ccc2Br)c1. The number of rotatable bonds is 3. The Bertz CT molecular complexity index is 529. The highest BCUT2D eigenvalue weighted by atomic mass is 79.9. The highest BCUT2D eigenvalue weighted by Gasteiger charge is 2.03. The fraction of sp³-hybridized carbons (Fsp3) is 0.0769. The number of hydrogen-bond donors (Lipinski definition) is 1. The Labute approximate surface area is 107 Å². The van der Waals surface area contributed by atoms with E-state index >= 15 is 0 Å². The maximum absolute atomic E-state index is 13.0. The molecule has 2 rings (SSSR count). The van der Waals surface area contributed by atoms with Gasteiger partial charge in [-0.1, -0.05) is 22.0 Å². The molecule has 0 fully saturated rings. The van der Waals surface area contributed by atoms with Gasteiger partial charge in [-0.15, -0.1) is 0 Å². The monoisotopic (exact) mass is 296 g/mol. The van der Waals surface area contributed by atoms with Gasteiger partial charge in [-0.3, -0.25) is 0 Å². The normalized spacial score (nSPS) is 10.2. The average Bonchev–Trinajstić information content (AvgIpc) is 2.30. The topological polar surface area (TPSA) is 29.5 Å². The van der Waals surface area contributed by atoms with Crippen molar-refractivity contribution < 1.29 is 14.2 Å². The van der Waals surface area contributed by atoms with Gasteiger partial charge in [0.1, 0.15) is 23.9 Å². The van der Waals surface area contributed by atoms with Gasteiger partial charge in [-0.05, 0) is 30.3 Å². The first-order valence-electron chi connectivity index (χ1n) is 5.01. The molecule has 0 unspecified atom stereocenters. The van der Waals surface area contributed by atoms with Crippen molar-refractivity contribution in [2.75, 3.05) is 0 Å². The Morgan fingerprint density at radius 3 is 2.76 bits per heavy atom. The van der Waals surface area contributed by atoms with E-state index in [2.05, 4.69) is 15.9 Å². The number of phenols is 1. The van der Waals surface area contributed by atoms with E-state index in [4.69, 9.17) is 4.74 Å². The van der Waals surface area contributed by atoms with Gasteiger partial charge >= 0.3 is 0 Å². The summed E-state index contributed by atoms with van der Waals surface area (Å²) in [5.41, 5.74) is 0.716. The van der Waals surface area contributed by atoms with Crippen LogP contribution >= 0.6 is 15.9 Å². The van der Waals surface area contributed by atoms with E-state index in [0.717, 1.165) is 4.47 Å². The first-order valence-corrected chi connectivity index (χ1v) is 5.80. The summed E-state index contributed by atoms with van der Waals surface area (Å²) in [6, 6.07) is 10.9. The maximum Gasteiger partial charge on any atom is 0.123 e. The van der Waals surface area contributed by atoms with Crippen LogP contribution in [0.5, 0.6) is 11.5 Å². The summed E-state index contributed by atoms with van der Waals surface area (Å²) >= 11 is 3.32. The van der Waals surface area contributed by atoms with Crippen LogP contribution in [0.1, 0.15) is 5.56 Å². The van der Waals surface area contributed by atoms with Crippen molar-refractivity contribution in [3.8, 4) is 11.5 Å². The molecule has 2 aromatic carbocycles. The van der Waals surface area contributed by atoms with Crippen molar-refractivity contribution >= 4 is 15.9 Å². The zero-order chi connectivity index (χ0) is 12.3. The summed E-state index contributed by atoms with van der Waals surface area (Å²) in [5, 5.41) is 9.26. The number of aromatic hydroxyl groups is 1. The van der Waals surface area contributed by atoms with Crippen LogP contribution in [0, 0.1) is 5.82 Å². The van der Waals surface area contributed by atoms with Crippen LogP contribution < -0.4 is 4.74 Å². The van der Waals surface area contributed by atoms with Gasteiger partial charge < -0.3 is 9.84 Å². The van der Waals surface area contributed by atoms with Crippen molar-refractivity contribution in [3.05, 3.63) is 58.3 Å². The van der Waals surface area contributed by atoms with Crippen LogP contribution in [0.3, 0.4) is 0 Å². The zero-order valence-electron chi connectivity index (χ0n) is 8.86. The maximum atomic E-state index is 13.0. The number of benzene rings is 2. The van der Waals surface area contributed by atoms with E-state index in [9.17, 15) is 9.50 Å². The van der Waals surface area contributed by atoms with Crippen LogP contribution in [-0.2, 0) is 6.61 Å². The first-order chi connectivity index (χ1) is 8.15. The van der Waals surface area contributed by atoms with Gasteiger partial charge in [0.15, 0.2) is 0 Å². The van der Waals surface area contributed by atoms with Crippen molar-refractivity contribution in [1.29, 1.82) is 0 Å². The molecule has 2 aromatic rings. The molecule has 0 bridgehead atoms. The lowest BCUT2D eigenvalue weighted by molar-refractivity contribution is 0.303. The third-order valence-electron chi connectivity index (χ3n) is 2.22. The molecule has 0 heterocycles. The molecule has 0 aliphatic carbocycles. The molecule has 0 radical (unpaired) electrons. The van der Waals surface area contributed by atoms with Crippen molar-refractivity contribution in [2.24, 2.45) is 0 Å². The summed E-state index contributed by atoms with van der Waals surface area (Å²) in [4.78, 5) is 0. The highest BCUT2D eigenvalue weighted by molar-refractivity contribution is 9.10. The summed E-state index contributed by atoms with van der Waals surface area (Å²) in [6.07, 6.45) is 0. The van der Waals surface area contributed by atoms with Gasteiger partial charge in [0.25, 0.3) is 0 Å². The highest BCUT2D eigenvalue weighted by Crippen LogP contribution is 2.22. The minimum absolute atomic E-state index is 0.140. The standard InChI is InChI=1S/C13H10BrFO2/c14-13-5-4-10(15)6-9(13)8-17-12-3-1-2-11(16)7-12/h1-7,16H,8H2. The third kappa shape index (κ3) is 3.20. The Morgan fingerprint density at radius 1 is 1.18 bits per heavy atom. The second-order valence-electron chi connectivity index (χ2n) is 3.52. The molecule has 0 aliphatic rings. The quantitative estimate of drug-likeness (QED) is 0.931. The summed E-state index contributed by atoms with van der Waals surface area (Å²) in [5.74, 6) is 0.379. The third-order valence-corrected chi connectivity index (χ3v) is 2.99. The lowest BCUT2D eigenvalue weighted by Gasteiger charge is -2.08. The Kier molecular flexibility index (Phi) is 3.64.